The second kappa shape index (κ2) is 11.1. The van der Waals surface area contributed by atoms with E-state index < -0.39 is 11.5 Å². The molecule has 3 rings (SSSR count). The highest BCUT2D eigenvalue weighted by atomic mass is 32.2. The zero-order chi connectivity index (χ0) is 24.8. The number of thioether (sulfide) groups is 1. The molecule has 34 heavy (non-hydrogen) atoms. The van der Waals surface area contributed by atoms with Crippen molar-refractivity contribution in [1.82, 2.24) is 9.47 Å². The number of hydrogen-bond acceptors (Lipinski definition) is 7. The third-order valence-corrected chi connectivity index (χ3v) is 6.79. The van der Waals surface area contributed by atoms with Gasteiger partial charge < -0.3 is 10.4 Å². The maximum atomic E-state index is 13.0. The quantitative estimate of drug-likeness (QED) is 0.399. The van der Waals surface area contributed by atoms with E-state index in [1.807, 2.05) is 43.3 Å². The van der Waals surface area contributed by atoms with Crippen LogP contribution in [0.25, 0.3) is 6.08 Å². The van der Waals surface area contributed by atoms with Crippen LogP contribution in [0, 0.1) is 18.3 Å². The summed E-state index contributed by atoms with van der Waals surface area (Å²) in [6.07, 6.45) is 1.89. The van der Waals surface area contributed by atoms with Gasteiger partial charge in [0.2, 0.25) is 0 Å². The fourth-order valence-corrected chi connectivity index (χ4v) is 4.94. The first-order valence-electron chi connectivity index (χ1n) is 10.7. The first kappa shape index (κ1) is 25.2. The molecule has 2 aromatic rings. The number of benzene rings is 1. The number of nitrogens with one attached hydrogen (secondary N) is 1. The van der Waals surface area contributed by atoms with Crippen LogP contribution in [0.3, 0.4) is 0 Å². The molecule has 1 aliphatic heterocycles. The number of nitriles is 1. The van der Waals surface area contributed by atoms with E-state index in [1.165, 1.54) is 9.47 Å². The highest BCUT2D eigenvalue weighted by molar-refractivity contribution is 8.26. The topological polar surface area (TPSA) is 115 Å². The Bertz CT molecular complexity index is 1260. The molecule has 176 valence electrons. The molecule has 2 N–H and O–H groups in total. The second-order valence-electron chi connectivity index (χ2n) is 7.59. The number of aliphatic carboxylic acids is 1. The van der Waals surface area contributed by atoms with Crippen molar-refractivity contribution < 1.29 is 14.7 Å². The Morgan fingerprint density at radius 1 is 1.29 bits per heavy atom. The molecule has 8 nitrogen and oxygen atoms in total. The highest BCUT2D eigenvalue weighted by Crippen LogP contribution is 2.35. The van der Waals surface area contributed by atoms with Crippen molar-refractivity contribution >= 4 is 52.1 Å². The summed E-state index contributed by atoms with van der Waals surface area (Å²) in [4.78, 5) is 38.5. The number of amides is 1. The number of carboxylic acid groups (broad SMARTS) is 1. The lowest BCUT2D eigenvalue weighted by Crippen LogP contribution is -2.29. The molecule has 1 fully saturated rings. The molecule has 0 spiro atoms. The van der Waals surface area contributed by atoms with E-state index in [4.69, 9.17) is 17.3 Å². The molecule has 1 aliphatic rings. The number of carboxylic acids is 1. The van der Waals surface area contributed by atoms with Crippen molar-refractivity contribution in [2.75, 3.05) is 11.9 Å². The minimum absolute atomic E-state index is 0.0234. The summed E-state index contributed by atoms with van der Waals surface area (Å²) in [5, 5.41) is 21.8. The number of hydrogen-bond donors (Lipinski definition) is 2. The minimum Gasteiger partial charge on any atom is -0.481 e. The van der Waals surface area contributed by atoms with E-state index in [0.717, 1.165) is 17.3 Å². The number of aromatic nitrogens is 1. The van der Waals surface area contributed by atoms with Gasteiger partial charge in [-0.05, 0) is 37.5 Å². The van der Waals surface area contributed by atoms with Crippen molar-refractivity contribution in [1.29, 1.82) is 5.26 Å². The summed E-state index contributed by atoms with van der Waals surface area (Å²) in [6, 6.07) is 11.7. The largest absolute Gasteiger partial charge is 0.481 e. The summed E-state index contributed by atoms with van der Waals surface area (Å²) in [7, 11) is 0. The Balaban J connectivity index is 2.04. The second-order valence-corrected chi connectivity index (χ2v) is 9.27. The number of anilines is 1. The average Bonchev–Trinajstić information content (AvgIpc) is 3.08. The number of thiocarbonyl (C=S) groups is 1. The summed E-state index contributed by atoms with van der Waals surface area (Å²) in [5.74, 6) is -0.734. The maximum absolute atomic E-state index is 13.0. The monoisotopic (exact) mass is 496 g/mol. The van der Waals surface area contributed by atoms with E-state index in [-0.39, 0.29) is 30.9 Å². The van der Waals surface area contributed by atoms with Crippen molar-refractivity contribution in [3.05, 3.63) is 67.8 Å². The van der Waals surface area contributed by atoms with Gasteiger partial charge in [-0.3, -0.25) is 23.9 Å². The highest BCUT2D eigenvalue weighted by Gasteiger charge is 2.32. The van der Waals surface area contributed by atoms with Gasteiger partial charge in [-0.25, -0.2) is 0 Å². The van der Waals surface area contributed by atoms with Gasteiger partial charge in [-0.15, -0.1) is 0 Å². The van der Waals surface area contributed by atoms with E-state index in [9.17, 15) is 19.6 Å². The van der Waals surface area contributed by atoms with Gasteiger partial charge >= 0.3 is 5.97 Å². The van der Waals surface area contributed by atoms with Gasteiger partial charge in [-0.2, -0.15) is 5.26 Å². The molecule has 0 atom stereocenters. The lowest BCUT2D eigenvalue weighted by molar-refractivity contribution is -0.137. The van der Waals surface area contributed by atoms with E-state index in [2.05, 4.69) is 5.32 Å². The molecule has 0 bridgehead atoms. The number of pyridine rings is 1. The van der Waals surface area contributed by atoms with Gasteiger partial charge in [-0.1, -0.05) is 54.3 Å². The standard InChI is InChI=1S/C24H24N4O4S2/c1-3-27-21(26-14-16-8-5-4-6-9-16)17(15(2)18(13-25)22(27)31)12-19-23(32)28(24(33)34-19)11-7-10-20(29)30/h4-6,8-9,12,26H,3,7,10-11,14H2,1-2H3,(H,29,30)/b19-12+. The smallest absolute Gasteiger partial charge is 0.303 e. The third kappa shape index (κ3) is 5.38. The summed E-state index contributed by atoms with van der Waals surface area (Å²) >= 11 is 6.47. The predicted molar refractivity (Wildman–Crippen MR) is 136 cm³/mol. The van der Waals surface area contributed by atoms with Crippen LogP contribution in [0.15, 0.2) is 40.0 Å². The fraction of sp³-hybridized carbons (Fsp3) is 0.292. The molecular weight excluding hydrogens is 472 g/mol. The Kier molecular flexibility index (Phi) is 8.26. The van der Waals surface area contributed by atoms with Gasteiger partial charge in [0.1, 0.15) is 21.8 Å². The molecule has 0 unspecified atom stereocenters. The minimum atomic E-state index is -0.934. The number of nitrogens with zero attached hydrogens (tertiary/aromatic N) is 3. The first-order chi connectivity index (χ1) is 16.3. The van der Waals surface area contributed by atoms with Gasteiger partial charge in [0, 0.05) is 31.6 Å². The van der Waals surface area contributed by atoms with Crippen molar-refractivity contribution in [3.63, 3.8) is 0 Å². The SMILES string of the molecule is CCn1c(NCc2ccccc2)c(/C=C2/SC(=S)N(CCCC(=O)O)C2=O)c(C)c(C#N)c1=O. The predicted octanol–water partition coefficient (Wildman–Crippen LogP) is 3.73. The summed E-state index contributed by atoms with van der Waals surface area (Å²) < 4.78 is 1.84. The third-order valence-electron chi connectivity index (χ3n) is 5.42. The lowest BCUT2D eigenvalue weighted by Gasteiger charge is -2.19. The molecule has 10 heteroatoms. The fourth-order valence-electron chi connectivity index (χ4n) is 3.65. The molecule has 2 heterocycles. The van der Waals surface area contributed by atoms with Crippen molar-refractivity contribution in [2.24, 2.45) is 0 Å². The molecule has 0 aliphatic carbocycles. The Labute approximate surface area is 206 Å². The van der Waals surface area contributed by atoms with Gasteiger partial charge in [0.05, 0.1) is 4.91 Å². The molecule has 1 aromatic heterocycles. The van der Waals surface area contributed by atoms with E-state index >= 15 is 0 Å². The zero-order valence-electron chi connectivity index (χ0n) is 18.8. The lowest BCUT2D eigenvalue weighted by atomic mass is 10.0. The molecule has 0 radical (unpaired) electrons. The van der Waals surface area contributed by atoms with Crippen molar-refractivity contribution in [3.8, 4) is 6.07 Å². The van der Waals surface area contributed by atoms with Crippen LogP contribution >= 0.6 is 24.0 Å². The van der Waals surface area contributed by atoms with Gasteiger partial charge in [0.25, 0.3) is 11.5 Å². The van der Waals surface area contributed by atoms with Crippen LogP contribution in [0.5, 0.6) is 0 Å². The van der Waals surface area contributed by atoms with Crippen LogP contribution in [0.4, 0.5) is 5.82 Å². The molecular formula is C24H24N4O4S2. The molecule has 0 saturated carbocycles. The van der Waals surface area contributed by atoms with Crippen LogP contribution in [-0.2, 0) is 22.7 Å². The Hall–Kier alpha value is -3.42. The Morgan fingerprint density at radius 2 is 2.00 bits per heavy atom. The van der Waals surface area contributed by atoms with Crippen LogP contribution < -0.4 is 10.9 Å². The maximum Gasteiger partial charge on any atom is 0.303 e. The number of rotatable bonds is 9. The van der Waals surface area contributed by atoms with E-state index in [0.29, 0.717) is 39.3 Å². The average molecular weight is 497 g/mol. The van der Waals surface area contributed by atoms with E-state index in [1.54, 1.807) is 13.0 Å². The zero-order valence-corrected chi connectivity index (χ0v) is 20.5. The number of carbonyl (C=O) groups is 2. The van der Waals surface area contributed by atoms with Crippen LogP contribution in [-0.4, -0.2) is 37.3 Å². The molecule has 1 saturated heterocycles. The van der Waals surface area contributed by atoms with Crippen LogP contribution in [0.2, 0.25) is 0 Å². The molecule has 1 amide bonds. The first-order valence-corrected chi connectivity index (χ1v) is 11.9. The van der Waals surface area contributed by atoms with Crippen LogP contribution in [0.1, 0.15) is 42.0 Å². The number of carbonyl (C=O) groups excluding carboxylic acids is 1. The Morgan fingerprint density at radius 3 is 2.62 bits per heavy atom. The molecule has 1 aromatic carbocycles. The van der Waals surface area contributed by atoms with Gasteiger partial charge in [0.15, 0.2) is 0 Å². The normalized spacial score (nSPS) is 14.5. The summed E-state index contributed by atoms with van der Waals surface area (Å²) in [6.45, 7) is 4.50. The summed E-state index contributed by atoms with van der Waals surface area (Å²) in [5.41, 5.74) is 1.69. The van der Waals surface area contributed by atoms with Crippen molar-refractivity contribution in [2.45, 2.75) is 39.8 Å².